The number of rotatable bonds is 3. The van der Waals surface area contributed by atoms with Crippen molar-refractivity contribution < 1.29 is 4.79 Å². The van der Waals surface area contributed by atoms with Crippen LogP contribution in [0.2, 0.25) is 0 Å². The molecule has 2 heterocycles. The Labute approximate surface area is 127 Å². The second-order valence-corrected chi connectivity index (χ2v) is 4.62. The van der Waals surface area contributed by atoms with Crippen LogP contribution in [0, 0.1) is 0 Å². The number of nitrogens with one attached hydrogen (secondary N) is 1. The fraction of sp³-hybridized carbons (Fsp3) is 0.0625. The molecule has 0 spiro atoms. The van der Waals surface area contributed by atoms with Crippen LogP contribution in [-0.4, -0.2) is 26.6 Å². The highest BCUT2D eigenvalue weighted by molar-refractivity contribution is 6.00. The van der Waals surface area contributed by atoms with E-state index in [2.05, 4.69) is 25.5 Å². The van der Waals surface area contributed by atoms with Gasteiger partial charge in [0, 0.05) is 18.0 Å². The number of carbonyl (C=O) groups is 1. The van der Waals surface area contributed by atoms with Crippen molar-refractivity contribution in [1.29, 1.82) is 0 Å². The van der Waals surface area contributed by atoms with E-state index in [1.54, 1.807) is 37.6 Å². The Kier molecular flexibility index (Phi) is 3.82. The summed E-state index contributed by atoms with van der Waals surface area (Å²) in [6, 6.07) is 10.8. The summed E-state index contributed by atoms with van der Waals surface area (Å²) in [4.78, 5) is 24.6. The van der Waals surface area contributed by atoms with Gasteiger partial charge in [0.05, 0.1) is 22.9 Å². The van der Waals surface area contributed by atoms with Crippen LogP contribution in [0.4, 0.5) is 0 Å². The Morgan fingerprint density at radius 2 is 1.82 bits per heavy atom. The number of nitrogens with zero attached hydrogens (tertiary/aromatic N) is 4. The summed E-state index contributed by atoms with van der Waals surface area (Å²) in [5.41, 5.74) is 5.80. The predicted molar refractivity (Wildman–Crippen MR) is 83.5 cm³/mol. The highest BCUT2D eigenvalue weighted by atomic mass is 16.2. The number of benzene rings is 1. The number of fused-ring (bicyclic) bond motifs is 1. The Balaban J connectivity index is 1.80. The van der Waals surface area contributed by atoms with E-state index < -0.39 is 0 Å². The van der Waals surface area contributed by atoms with Gasteiger partial charge in [-0.1, -0.05) is 12.1 Å². The van der Waals surface area contributed by atoms with Gasteiger partial charge in [-0.3, -0.25) is 14.8 Å². The number of para-hydroxylation sites is 2. The van der Waals surface area contributed by atoms with Gasteiger partial charge < -0.3 is 0 Å². The number of hydrogen-bond donors (Lipinski definition) is 1. The largest absolute Gasteiger partial charge is 0.271 e. The molecule has 0 saturated carbocycles. The number of hydrazone groups is 1. The van der Waals surface area contributed by atoms with Crippen molar-refractivity contribution in [1.82, 2.24) is 20.4 Å². The molecule has 0 bridgehead atoms. The number of pyridine rings is 1. The Morgan fingerprint density at radius 1 is 1.09 bits per heavy atom. The molecule has 0 aliphatic carbocycles. The quantitative estimate of drug-likeness (QED) is 0.592. The summed E-state index contributed by atoms with van der Waals surface area (Å²) in [7, 11) is 0. The number of amides is 1. The van der Waals surface area contributed by atoms with Crippen molar-refractivity contribution >= 4 is 22.7 Å². The van der Waals surface area contributed by atoms with Crippen LogP contribution in [0.25, 0.3) is 11.0 Å². The van der Waals surface area contributed by atoms with Crippen molar-refractivity contribution in [2.75, 3.05) is 0 Å². The first-order chi connectivity index (χ1) is 10.7. The van der Waals surface area contributed by atoms with Gasteiger partial charge >= 0.3 is 0 Å². The van der Waals surface area contributed by atoms with Gasteiger partial charge in [-0.05, 0) is 31.2 Å². The SMILES string of the molecule is CC(=NNC(=O)c1ccncc1)c1cnc2ccccc2n1. The first-order valence-corrected chi connectivity index (χ1v) is 6.71. The van der Waals surface area contributed by atoms with E-state index in [0.717, 1.165) is 11.0 Å². The molecule has 0 aliphatic heterocycles. The van der Waals surface area contributed by atoms with Crippen LogP contribution in [0.3, 0.4) is 0 Å². The van der Waals surface area contributed by atoms with E-state index in [1.165, 1.54) is 0 Å². The molecule has 6 heteroatoms. The monoisotopic (exact) mass is 291 g/mol. The van der Waals surface area contributed by atoms with E-state index in [0.29, 0.717) is 17.0 Å². The van der Waals surface area contributed by atoms with Crippen molar-refractivity contribution in [2.45, 2.75) is 6.92 Å². The zero-order valence-electron chi connectivity index (χ0n) is 11.9. The average molecular weight is 291 g/mol. The number of aromatic nitrogens is 3. The van der Waals surface area contributed by atoms with Gasteiger partial charge in [-0.25, -0.2) is 10.4 Å². The van der Waals surface area contributed by atoms with Crippen LogP contribution < -0.4 is 5.43 Å². The first kappa shape index (κ1) is 13.8. The van der Waals surface area contributed by atoms with Gasteiger partial charge in [-0.2, -0.15) is 5.10 Å². The summed E-state index contributed by atoms with van der Waals surface area (Å²) < 4.78 is 0. The molecule has 0 fully saturated rings. The van der Waals surface area contributed by atoms with E-state index in [4.69, 9.17) is 0 Å². The predicted octanol–water partition coefficient (Wildman–Crippen LogP) is 2.18. The summed E-state index contributed by atoms with van der Waals surface area (Å²) >= 11 is 0. The average Bonchev–Trinajstić information content (AvgIpc) is 2.59. The lowest BCUT2D eigenvalue weighted by Gasteiger charge is -2.03. The minimum atomic E-state index is -0.296. The molecule has 3 aromatic rings. The molecule has 0 atom stereocenters. The molecule has 0 radical (unpaired) electrons. The third-order valence-corrected chi connectivity index (χ3v) is 3.09. The minimum absolute atomic E-state index is 0.296. The van der Waals surface area contributed by atoms with Gasteiger partial charge in [0.15, 0.2) is 0 Å². The number of carbonyl (C=O) groups excluding carboxylic acids is 1. The summed E-state index contributed by atoms with van der Waals surface area (Å²) in [6.45, 7) is 1.77. The molecule has 22 heavy (non-hydrogen) atoms. The fourth-order valence-corrected chi connectivity index (χ4v) is 1.89. The van der Waals surface area contributed by atoms with Gasteiger partial charge in [-0.15, -0.1) is 0 Å². The van der Waals surface area contributed by atoms with E-state index in [-0.39, 0.29) is 5.91 Å². The Morgan fingerprint density at radius 3 is 2.59 bits per heavy atom. The zero-order chi connectivity index (χ0) is 15.4. The second kappa shape index (κ2) is 6.09. The molecule has 3 rings (SSSR count). The topological polar surface area (TPSA) is 80.1 Å². The smallest absolute Gasteiger partial charge is 0.267 e. The van der Waals surface area contributed by atoms with Crippen molar-refractivity contribution in [3.05, 3.63) is 66.2 Å². The normalized spacial score (nSPS) is 11.4. The molecule has 1 aromatic carbocycles. The van der Waals surface area contributed by atoms with Crippen molar-refractivity contribution in [2.24, 2.45) is 5.10 Å². The molecule has 1 amide bonds. The molecule has 0 unspecified atom stereocenters. The highest BCUT2D eigenvalue weighted by Gasteiger charge is 2.06. The maximum absolute atomic E-state index is 11.9. The van der Waals surface area contributed by atoms with E-state index >= 15 is 0 Å². The third kappa shape index (κ3) is 2.95. The molecular formula is C16H13N5O. The maximum atomic E-state index is 11.9. The van der Waals surface area contributed by atoms with Crippen LogP contribution in [-0.2, 0) is 0 Å². The van der Waals surface area contributed by atoms with E-state index in [1.807, 2.05) is 24.3 Å². The molecule has 1 N–H and O–H groups in total. The molecule has 2 aromatic heterocycles. The van der Waals surface area contributed by atoms with Crippen molar-refractivity contribution in [3.8, 4) is 0 Å². The van der Waals surface area contributed by atoms with Crippen molar-refractivity contribution in [3.63, 3.8) is 0 Å². The van der Waals surface area contributed by atoms with Crippen LogP contribution in [0.5, 0.6) is 0 Å². The molecule has 108 valence electrons. The maximum Gasteiger partial charge on any atom is 0.271 e. The molecular weight excluding hydrogens is 278 g/mol. The zero-order valence-corrected chi connectivity index (χ0v) is 11.9. The van der Waals surface area contributed by atoms with Gasteiger partial charge in [0.1, 0.15) is 5.69 Å². The lowest BCUT2D eigenvalue weighted by molar-refractivity contribution is 0.0954. The summed E-state index contributed by atoms with van der Waals surface area (Å²) in [5, 5.41) is 4.07. The lowest BCUT2D eigenvalue weighted by atomic mass is 10.2. The van der Waals surface area contributed by atoms with Crippen LogP contribution in [0.1, 0.15) is 23.0 Å². The standard InChI is InChI=1S/C16H13N5O/c1-11(20-21-16(22)12-6-8-17-9-7-12)15-10-18-13-4-2-3-5-14(13)19-15/h2-10H,1H3,(H,21,22). The van der Waals surface area contributed by atoms with Crippen LogP contribution in [0.15, 0.2) is 60.1 Å². The Hall–Kier alpha value is -3.15. The number of hydrogen-bond acceptors (Lipinski definition) is 5. The van der Waals surface area contributed by atoms with E-state index in [9.17, 15) is 4.79 Å². The Bertz CT molecular complexity index is 845. The molecule has 0 aliphatic rings. The third-order valence-electron chi connectivity index (χ3n) is 3.09. The lowest BCUT2D eigenvalue weighted by Crippen LogP contribution is -2.19. The van der Waals surface area contributed by atoms with Gasteiger partial charge in [0.25, 0.3) is 5.91 Å². The fourth-order valence-electron chi connectivity index (χ4n) is 1.89. The highest BCUT2D eigenvalue weighted by Crippen LogP contribution is 2.09. The minimum Gasteiger partial charge on any atom is -0.267 e. The molecule has 0 saturated heterocycles. The second-order valence-electron chi connectivity index (χ2n) is 4.62. The van der Waals surface area contributed by atoms with Crippen LogP contribution >= 0.6 is 0 Å². The summed E-state index contributed by atoms with van der Waals surface area (Å²) in [6.07, 6.45) is 4.75. The summed E-state index contributed by atoms with van der Waals surface area (Å²) in [5.74, 6) is -0.296. The molecule has 6 nitrogen and oxygen atoms in total. The first-order valence-electron chi connectivity index (χ1n) is 6.71. The van der Waals surface area contributed by atoms with Gasteiger partial charge in [0.2, 0.25) is 0 Å².